The van der Waals surface area contributed by atoms with E-state index in [2.05, 4.69) is 26.2 Å². The molecule has 0 saturated heterocycles. The second kappa shape index (κ2) is 17.5. The van der Waals surface area contributed by atoms with Crippen LogP contribution in [0.3, 0.4) is 0 Å². The van der Waals surface area contributed by atoms with Gasteiger partial charge in [-0.15, -0.1) is 0 Å². The van der Waals surface area contributed by atoms with E-state index < -0.39 is 88.8 Å². The van der Waals surface area contributed by atoms with Crippen molar-refractivity contribution in [1.29, 1.82) is 0 Å². The number of nitrogens with zero attached hydrogens (tertiary/aromatic N) is 2. The van der Waals surface area contributed by atoms with E-state index in [1.807, 2.05) is 0 Å². The van der Waals surface area contributed by atoms with Gasteiger partial charge in [0.15, 0.2) is 5.75 Å². The van der Waals surface area contributed by atoms with Gasteiger partial charge in [0, 0.05) is 67.7 Å². The molecule has 0 fully saturated rings. The van der Waals surface area contributed by atoms with Crippen LogP contribution in [0.4, 0.5) is 5.69 Å². The standard InChI is InChI=1S/C41H53N5O12/c1-18-11-10-12-19(2)39(54)45-30-25(17-44-46-40-42-14-15-43-40)34(51)27-28(35(30)52)33(50)23(6)37-29(27)38(53)41(8,58-37)56-16-13-26(55-9)20(3)36(57-24(7)47)22(5)32(49)21(4)31(18)48/h10-13,16-18,20-22,26,31-32,36,48-52H,14-15H2,1-9H3,(H,45,54)(H2,42,43,46)/b11-10+,16-13+,19-12-,44-17+/t18-,20+,21+,22+,26-,31-,32+,36+,41-/m0/s1. The molecule has 0 spiro atoms. The first kappa shape index (κ1) is 43.5. The maximum Gasteiger partial charge on any atom is 0.312 e. The number of aliphatic imine (C=N–C) groups is 1. The predicted octanol–water partition coefficient (Wildman–Crippen LogP) is 3.64. The van der Waals surface area contributed by atoms with Gasteiger partial charge >= 0.3 is 11.8 Å². The highest BCUT2D eigenvalue weighted by atomic mass is 16.7. The number of phenolic OH excluding ortho intramolecular Hbond substituents is 3. The molecule has 4 aliphatic heterocycles. The highest BCUT2D eigenvalue weighted by Crippen LogP contribution is 2.55. The molecule has 314 valence electrons. The van der Waals surface area contributed by atoms with Gasteiger partial charge in [-0.1, -0.05) is 45.9 Å². The number of aromatic hydroxyl groups is 3. The van der Waals surface area contributed by atoms with Gasteiger partial charge in [0.2, 0.25) is 5.96 Å². The number of guanidine groups is 1. The Kier molecular flexibility index (Phi) is 13.1. The van der Waals surface area contributed by atoms with Gasteiger partial charge in [0.25, 0.3) is 11.7 Å². The molecule has 17 heteroatoms. The van der Waals surface area contributed by atoms with Crippen LogP contribution in [0.15, 0.2) is 46.2 Å². The van der Waals surface area contributed by atoms with Crippen LogP contribution in [0.5, 0.6) is 23.0 Å². The number of amides is 1. The molecule has 0 saturated carbocycles. The van der Waals surface area contributed by atoms with E-state index in [-0.39, 0.29) is 44.5 Å². The van der Waals surface area contributed by atoms with Crippen molar-refractivity contribution in [3.8, 4) is 23.0 Å². The van der Waals surface area contributed by atoms with Gasteiger partial charge < -0.3 is 55.1 Å². The number of carbonyl (C=O) groups excluding carboxylic acids is 3. The zero-order valence-electron chi connectivity index (χ0n) is 34.0. The Balaban J connectivity index is 1.70. The van der Waals surface area contributed by atoms with E-state index in [9.17, 15) is 39.9 Å². The van der Waals surface area contributed by atoms with Crippen LogP contribution in [-0.2, 0) is 23.8 Å². The zero-order chi connectivity index (χ0) is 42.8. The summed E-state index contributed by atoms with van der Waals surface area (Å²) in [6, 6.07) is 0. The lowest BCUT2D eigenvalue weighted by atomic mass is 9.78. The fourth-order valence-corrected chi connectivity index (χ4v) is 7.50. The van der Waals surface area contributed by atoms with Crippen molar-refractivity contribution in [1.82, 2.24) is 10.7 Å². The number of rotatable bonds is 4. The number of esters is 1. The molecule has 17 nitrogen and oxygen atoms in total. The van der Waals surface area contributed by atoms with Crippen molar-refractivity contribution in [3.05, 3.63) is 52.8 Å². The number of hydrogen-bond acceptors (Lipinski definition) is 16. The third-order valence-electron chi connectivity index (χ3n) is 11.1. The van der Waals surface area contributed by atoms with Crippen LogP contribution in [0.25, 0.3) is 10.8 Å². The summed E-state index contributed by atoms with van der Waals surface area (Å²) >= 11 is 0. The highest BCUT2D eigenvalue weighted by molar-refractivity contribution is 6.24. The fourth-order valence-electron chi connectivity index (χ4n) is 7.50. The molecule has 58 heavy (non-hydrogen) atoms. The van der Waals surface area contributed by atoms with Gasteiger partial charge in [0.05, 0.1) is 59.5 Å². The first-order valence-electron chi connectivity index (χ1n) is 19.0. The quantitative estimate of drug-likeness (QED) is 0.0723. The molecule has 0 aliphatic carbocycles. The molecule has 4 aliphatic rings. The molecule has 2 aromatic carbocycles. The number of aliphatic hydroxyl groups excluding tert-OH is 2. The number of ether oxygens (including phenoxy) is 4. The van der Waals surface area contributed by atoms with Gasteiger partial charge in [-0.3, -0.25) is 14.4 Å². The fraction of sp³-hybridized carbons (Fsp3) is 0.488. The van der Waals surface area contributed by atoms with Crippen molar-refractivity contribution < 1.29 is 58.9 Å². The minimum absolute atomic E-state index is 0.0324. The van der Waals surface area contributed by atoms with Crippen molar-refractivity contribution in [2.24, 2.45) is 33.8 Å². The molecule has 0 unspecified atom stereocenters. The molecule has 2 aromatic rings. The number of aliphatic hydroxyl groups is 2. The van der Waals surface area contributed by atoms with Crippen molar-refractivity contribution in [2.75, 3.05) is 25.5 Å². The topological polar surface area (TPSA) is 250 Å². The smallest absolute Gasteiger partial charge is 0.312 e. The molecule has 0 aromatic heterocycles. The van der Waals surface area contributed by atoms with Crippen molar-refractivity contribution in [3.63, 3.8) is 0 Å². The highest BCUT2D eigenvalue weighted by Gasteiger charge is 2.50. The lowest BCUT2D eigenvalue weighted by Gasteiger charge is -2.38. The van der Waals surface area contributed by atoms with Crippen LogP contribution in [0.1, 0.15) is 70.0 Å². The van der Waals surface area contributed by atoms with Crippen LogP contribution >= 0.6 is 0 Å². The molecule has 1 amide bonds. The normalized spacial score (nSPS) is 31.5. The second-order valence-corrected chi connectivity index (χ2v) is 15.1. The summed E-state index contributed by atoms with van der Waals surface area (Å²) in [6.45, 7) is 13.5. The van der Waals surface area contributed by atoms with E-state index in [1.165, 1.54) is 53.2 Å². The van der Waals surface area contributed by atoms with Crippen LogP contribution < -0.4 is 20.8 Å². The number of hydrazone groups is 1. The Morgan fingerprint density at radius 3 is 2.36 bits per heavy atom. The largest absolute Gasteiger partial charge is 0.507 e. The third-order valence-corrected chi connectivity index (χ3v) is 11.1. The van der Waals surface area contributed by atoms with Gasteiger partial charge in [-0.25, -0.2) is 10.4 Å². The summed E-state index contributed by atoms with van der Waals surface area (Å²) in [5.74, 6) is -8.31. The summed E-state index contributed by atoms with van der Waals surface area (Å²) in [6.07, 6.45) is 4.55. The average Bonchev–Trinajstić information content (AvgIpc) is 3.80. The summed E-state index contributed by atoms with van der Waals surface area (Å²) in [4.78, 5) is 44.5. The number of methoxy groups -OCH3 is 1. The molecular formula is C41H53N5O12. The average molecular weight is 808 g/mol. The monoisotopic (exact) mass is 807 g/mol. The molecule has 9 atom stereocenters. The second-order valence-electron chi connectivity index (χ2n) is 15.1. The molecule has 0 radical (unpaired) electrons. The molecule has 6 rings (SSSR count). The van der Waals surface area contributed by atoms with Crippen LogP contribution in [-0.4, -0.2) is 106 Å². The number of allylic oxidation sites excluding steroid dienone is 2. The predicted molar refractivity (Wildman–Crippen MR) is 215 cm³/mol. The van der Waals surface area contributed by atoms with E-state index in [0.717, 1.165) is 6.21 Å². The minimum atomic E-state index is -2.06. The van der Waals surface area contributed by atoms with Crippen LogP contribution in [0, 0.1) is 30.6 Å². The van der Waals surface area contributed by atoms with Crippen LogP contribution in [0.2, 0.25) is 0 Å². The summed E-state index contributed by atoms with van der Waals surface area (Å²) in [5.41, 5.74) is 2.09. The Morgan fingerprint density at radius 2 is 1.72 bits per heavy atom. The van der Waals surface area contributed by atoms with Crippen molar-refractivity contribution >= 4 is 46.3 Å². The van der Waals surface area contributed by atoms with E-state index >= 15 is 0 Å². The van der Waals surface area contributed by atoms with Crippen molar-refractivity contribution in [2.45, 2.75) is 85.6 Å². The lowest BCUT2D eigenvalue weighted by molar-refractivity contribution is -0.160. The number of anilines is 1. The maximum absolute atomic E-state index is 14.4. The summed E-state index contributed by atoms with van der Waals surface area (Å²) in [5, 5.41) is 67.2. The zero-order valence-corrected chi connectivity index (χ0v) is 34.0. The summed E-state index contributed by atoms with van der Waals surface area (Å²) in [7, 11) is 1.43. The van der Waals surface area contributed by atoms with Gasteiger partial charge in [-0.05, 0) is 19.9 Å². The number of nitrogens with one attached hydrogen (secondary N) is 3. The number of ketones is 1. The van der Waals surface area contributed by atoms with E-state index in [1.54, 1.807) is 39.8 Å². The molecule has 4 heterocycles. The Hall–Kier alpha value is -5.65. The van der Waals surface area contributed by atoms with E-state index in [0.29, 0.717) is 19.0 Å². The Morgan fingerprint density at radius 1 is 1.02 bits per heavy atom. The molecule has 8 N–H and O–H groups in total. The Labute approximate surface area is 336 Å². The number of phenols is 3. The number of benzene rings is 2. The van der Waals surface area contributed by atoms with Gasteiger partial charge in [-0.2, -0.15) is 5.10 Å². The number of hydrogen-bond donors (Lipinski definition) is 8. The SMILES string of the molecule is CO[C@H]1/C=C/O[C@@]2(C)Oc3c(C)c(O)c4c(O)c(c(/C=N/NC5=NCCN5)c(O)c4c3C2=O)NC(=O)/C(C)=C\C=C\[C@H](C)[C@H](O)[C@@H](C)[C@@H](O)[C@@H](C)[C@H](OC(C)=O)[C@@H]1C. The number of Topliss-reactive ketones (excluding diaryl/α,β-unsaturated/α-hetero) is 1. The third kappa shape index (κ3) is 8.33. The minimum Gasteiger partial charge on any atom is -0.507 e. The summed E-state index contributed by atoms with van der Waals surface area (Å²) < 4.78 is 23.5. The van der Waals surface area contributed by atoms with Gasteiger partial charge in [0.1, 0.15) is 23.4 Å². The number of carbonyl (C=O) groups is 3. The molecule has 5 bridgehead atoms. The maximum atomic E-state index is 14.4. The Bertz CT molecular complexity index is 2110. The number of fused-ring (bicyclic) bond motifs is 14. The van der Waals surface area contributed by atoms with E-state index in [4.69, 9.17) is 18.9 Å². The molecular weight excluding hydrogens is 754 g/mol. The first-order valence-corrected chi connectivity index (χ1v) is 19.0. The first-order chi connectivity index (χ1) is 27.3. The lowest BCUT2D eigenvalue weighted by Crippen LogP contribution is -2.46.